The van der Waals surface area contributed by atoms with Gasteiger partial charge in [-0.15, -0.1) is 0 Å². The maximum absolute atomic E-state index is 12.4. The number of oxazole rings is 1. The van der Waals surface area contributed by atoms with E-state index in [0.29, 0.717) is 11.6 Å². The molecule has 0 bridgehead atoms. The molecule has 142 valence electrons. The van der Waals surface area contributed by atoms with Crippen LogP contribution in [0.5, 0.6) is 5.75 Å². The number of aromatic nitrogens is 4. The van der Waals surface area contributed by atoms with E-state index < -0.39 is 0 Å². The number of carbonyl (C=O) groups excluding carboxylic acids is 1. The highest BCUT2D eigenvalue weighted by atomic mass is 16.5. The van der Waals surface area contributed by atoms with Gasteiger partial charge in [0.25, 0.3) is 5.91 Å². The van der Waals surface area contributed by atoms with Crippen LogP contribution in [0, 0.1) is 0 Å². The average molecular weight is 377 g/mol. The highest BCUT2D eigenvalue weighted by molar-refractivity contribution is 5.92. The van der Waals surface area contributed by atoms with E-state index in [1.54, 1.807) is 17.1 Å². The Labute approximate surface area is 161 Å². The summed E-state index contributed by atoms with van der Waals surface area (Å²) in [4.78, 5) is 20.9. The maximum atomic E-state index is 12.4. The molecule has 0 unspecified atom stereocenters. The second-order valence-corrected chi connectivity index (χ2v) is 6.39. The molecular weight excluding hydrogens is 358 g/mol. The number of amides is 1. The zero-order chi connectivity index (χ0) is 19.5. The van der Waals surface area contributed by atoms with Crippen LogP contribution in [0.15, 0.2) is 59.6 Å². The summed E-state index contributed by atoms with van der Waals surface area (Å²) in [6, 6.07) is 9.34. The molecule has 3 heterocycles. The van der Waals surface area contributed by atoms with Gasteiger partial charge in [0.1, 0.15) is 17.5 Å². The second kappa shape index (κ2) is 7.51. The van der Waals surface area contributed by atoms with Crippen LogP contribution >= 0.6 is 0 Å². The van der Waals surface area contributed by atoms with Crippen LogP contribution in [0.1, 0.15) is 34.9 Å². The fourth-order valence-corrected chi connectivity index (χ4v) is 2.83. The fraction of sp³-hybridized carbons (Fsp3) is 0.200. The Hall–Kier alpha value is -3.68. The van der Waals surface area contributed by atoms with Crippen LogP contribution in [0.4, 0.5) is 0 Å². The fourth-order valence-electron chi connectivity index (χ4n) is 2.83. The first-order chi connectivity index (χ1) is 13.6. The Morgan fingerprint density at radius 2 is 2.18 bits per heavy atom. The molecule has 28 heavy (non-hydrogen) atoms. The number of benzene rings is 1. The summed E-state index contributed by atoms with van der Waals surface area (Å²) in [5.41, 5.74) is 1.87. The topological polar surface area (TPSA) is 95.1 Å². The number of hydrogen-bond acceptors (Lipinski definition) is 6. The number of aryl methyl sites for hydroxylation is 1. The van der Waals surface area contributed by atoms with E-state index in [1.807, 2.05) is 50.5 Å². The van der Waals surface area contributed by atoms with Gasteiger partial charge in [-0.25, -0.2) is 4.98 Å². The average Bonchev–Trinajstić information content (AvgIpc) is 3.35. The molecule has 4 rings (SSSR count). The Kier molecular flexibility index (Phi) is 4.76. The molecule has 1 amide bonds. The maximum Gasteiger partial charge on any atom is 0.273 e. The third kappa shape index (κ3) is 3.71. The van der Waals surface area contributed by atoms with E-state index in [0.717, 1.165) is 16.5 Å². The van der Waals surface area contributed by atoms with E-state index in [1.165, 1.54) is 6.26 Å². The Balaban J connectivity index is 1.40. The second-order valence-electron chi connectivity index (χ2n) is 6.39. The minimum absolute atomic E-state index is 0.0983. The standard InChI is InChI=1S/C20H19N5O3/c1-13(15-9-22-25(2)10-15)23-20(26)16-11-28-18(24-16)12-27-17-7-3-5-14-6-4-8-21-19(14)17/h3-11,13H,12H2,1-2H3,(H,23,26)/t13-/m0/s1. The number of para-hydroxylation sites is 1. The van der Waals surface area contributed by atoms with Crippen LogP contribution < -0.4 is 10.1 Å². The SMILES string of the molecule is C[C@H](NC(=O)c1coc(COc2cccc3cccnc23)n1)c1cnn(C)c1. The van der Waals surface area contributed by atoms with Crippen LogP contribution in [0.3, 0.4) is 0 Å². The van der Waals surface area contributed by atoms with Crippen molar-refractivity contribution in [1.29, 1.82) is 0 Å². The Morgan fingerprint density at radius 1 is 1.32 bits per heavy atom. The zero-order valence-electron chi connectivity index (χ0n) is 15.5. The molecule has 0 saturated carbocycles. The van der Waals surface area contributed by atoms with Gasteiger partial charge in [0, 0.05) is 30.4 Å². The molecule has 3 aromatic heterocycles. The molecule has 0 saturated heterocycles. The van der Waals surface area contributed by atoms with E-state index in [2.05, 4.69) is 20.4 Å². The molecule has 0 radical (unpaired) electrons. The van der Waals surface area contributed by atoms with E-state index in [4.69, 9.17) is 9.15 Å². The largest absolute Gasteiger partial charge is 0.482 e. The number of pyridine rings is 1. The molecule has 0 aliphatic heterocycles. The highest BCUT2D eigenvalue weighted by Gasteiger charge is 2.17. The lowest BCUT2D eigenvalue weighted by atomic mass is 10.2. The van der Waals surface area contributed by atoms with Crippen molar-refractivity contribution in [3.05, 3.63) is 72.3 Å². The van der Waals surface area contributed by atoms with Gasteiger partial charge in [-0.3, -0.25) is 14.5 Å². The third-order valence-corrected chi connectivity index (χ3v) is 4.30. The lowest BCUT2D eigenvalue weighted by Crippen LogP contribution is -2.26. The molecule has 1 atom stereocenters. The lowest BCUT2D eigenvalue weighted by Gasteiger charge is -2.10. The van der Waals surface area contributed by atoms with Crippen molar-refractivity contribution in [3.8, 4) is 5.75 Å². The number of rotatable bonds is 6. The molecule has 0 aliphatic carbocycles. The molecule has 1 aromatic carbocycles. The Bertz CT molecular complexity index is 1110. The first-order valence-corrected chi connectivity index (χ1v) is 8.80. The summed E-state index contributed by atoms with van der Waals surface area (Å²) in [7, 11) is 1.83. The van der Waals surface area contributed by atoms with Crippen molar-refractivity contribution < 1.29 is 13.9 Å². The van der Waals surface area contributed by atoms with Crippen molar-refractivity contribution in [3.63, 3.8) is 0 Å². The first-order valence-electron chi connectivity index (χ1n) is 8.80. The minimum atomic E-state index is -0.321. The zero-order valence-corrected chi connectivity index (χ0v) is 15.5. The normalized spacial score (nSPS) is 12.1. The molecule has 4 aromatic rings. The molecule has 0 aliphatic rings. The van der Waals surface area contributed by atoms with E-state index in [-0.39, 0.29) is 24.2 Å². The summed E-state index contributed by atoms with van der Waals surface area (Å²) in [6.07, 6.45) is 6.61. The van der Waals surface area contributed by atoms with Crippen LogP contribution in [0.2, 0.25) is 0 Å². The Morgan fingerprint density at radius 3 is 3.00 bits per heavy atom. The van der Waals surface area contributed by atoms with Gasteiger partial charge in [-0.1, -0.05) is 18.2 Å². The van der Waals surface area contributed by atoms with Gasteiger partial charge < -0.3 is 14.5 Å². The van der Waals surface area contributed by atoms with Crippen molar-refractivity contribution in [2.75, 3.05) is 0 Å². The highest BCUT2D eigenvalue weighted by Crippen LogP contribution is 2.23. The number of nitrogens with one attached hydrogen (secondary N) is 1. The third-order valence-electron chi connectivity index (χ3n) is 4.30. The summed E-state index contributed by atoms with van der Waals surface area (Å²) in [5, 5.41) is 7.96. The van der Waals surface area contributed by atoms with Crippen molar-refractivity contribution in [2.24, 2.45) is 7.05 Å². The first kappa shape index (κ1) is 17.7. The number of fused-ring (bicyclic) bond motifs is 1. The van der Waals surface area contributed by atoms with Gasteiger partial charge in [0.05, 0.1) is 12.2 Å². The molecular formula is C20H19N5O3. The van der Waals surface area contributed by atoms with Gasteiger partial charge >= 0.3 is 0 Å². The molecule has 1 N–H and O–H groups in total. The van der Waals surface area contributed by atoms with Crippen molar-refractivity contribution in [1.82, 2.24) is 25.1 Å². The van der Waals surface area contributed by atoms with Gasteiger partial charge in [0.15, 0.2) is 12.3 Å². The van der Waals surface area contributed by atoms with Crippen LogP contribution in [-0.4, -0.2) is 25.7 Å². The van der Waals surface area contributed by atoms with Gasteiger partial charge in [-0.05, 0) is 19.1 Å². The van der Waals surface area contributed by atoms with Crippen molar-refractivity contribution >= 4 is 16.8 Å². The summed E-state index contributed by atoms with van der Waals surface area (Å²) in [6.45, 7) is 1.98. The minimum Gasteiger partial charge on any atom is -0.482 e. The summed E-state index contributed by atoms with van der Waals surface area (Å²) < 4.78 is 12.9. The van der Waals surface area contributed by atoms with E-state index in [9.17, 15) is 4.79 Å². The van der Waals surface area contributed by atoms with Crippen LogP contribution in [-0.2, 0) is 13.7 Å². The summed E-state index contributed by atoms with van der Waals surface area (Å²) in [5.74, 6) is 0.623. The van der Waals surface area contributed by atoms with E-state index >= 15 is 0 Å². The number of ether oxygens (including phenoxy) is 1. The molecule has 0 fully saturated rings. The molecule has 8 heteroatoms. The number of nitrogens with zero attached hydrogens (tertiary/aromatic N) is 4. The predicted molar refractivity (Wildman–Crippen MR) is 102 cm³/mol. The molecule has 0 spiro atoms. The predicted octanol–water partition coefficient (Wildman–Crippen LogP) is 3.03. The van der Waals surface area contributed by atoms with Crippen molar-refractivity contribution in [2.45, 2.75) is 19.6 Å². The van der Waals surface area contributed by atoms with Gasteiger partial charge in [0.2, 0.25) is 5.89 Å². The van der Waals surface area contributed by atoms with Gasteiger partial charge in [-0.2, -0.15) is 5.10 Å². The quantitative estimate of drug-likeness (QED) is 0.555. The number of carbonyl (C=O) groups is 1. The molecule has 8 nitrogen and oxygen atoms in total. The smallest absolute Gasteiger partial charge is 0.273 e. The summed E-state index contributed by atoms with van der Waals surface area (Å²) >= 11 is 0. The lowest BCUT2D eigenvalue weighted by molar-refractivity contribution is 0.0934. The monoisotopic (exact) mass is 377 g/mol. The van der Waals surface area contributed by atoms with Crippen LogP contribution in [0.25, 0.3) is 10.9 Å². The number of hydrogen-bond donors (Lipinski definition) is 1.